The number of hydrogen-bond donors (Lipinski definition) is 2. The molecule has 0 aliphatic carbocycles. The van der Waals surface area contributed by atoms with Crippen molar-refractivity contribution in [2.45, 2.75) is 32.0 Å². The summed E-state index contributed by atoms with van der Waals surface area (Å²) in [5.74, 6) is 1.50. The lowest BCUT2D eigenvalue weighted by atomic mass is 9.96. The Balaban J connectivity index is 1.80. The summed E-state index contributed by atoms with van der Waals surface area (Å²) in [7, 11) is 0. The molecule has 3 aromatic rings. The zero-order valence-corrected chi connectivity index (χ0v) is 13.7. The predicted molar refractivity (Wildman–Crippen MR) is 93.3 cm³/mol. The van der Waals surface area contributed by atoms with Gasteiger partial charge in [0.2, 0.25) is 5.89 Å². The Bertz CT molecular complexity index is 741. The van der Waals surface area contributed by atoms with E-state index in [1.165, 1.54) is 0 Å². The van der Waals surface area contributed by atoms with E-state index in [0.717, 1.165) is 23.3 Å². The molecule has 4 heteroatoms. The first-order chi connectivity index (χ1) is 11.8. The fourth-order valence-electron chi connectivity index (χ4n) is 2.71. The smallest absolute Gasteiger partial charge is 0.208 e. The van der Waals surface area contributed by atoms with Gasteiger partial charge in [-0.25, -0.2) is 4.98 Å². The normalized spacial score (nSPS) is 13.6. The number of benzene rings is 2. The van der Waals surface area contributed by atoms with Crippen molar-refractivity contribution in [2.75, 3.05) is 0 Å². The molecule has 0 aliphatic rings. The topological polar surface area (TPSA) is 58.3 Å². The van der Waals surface area contributed by atoms with Crippen LogP contribution in [0.1, 0.15) is 41.8 Å². The van der Waals surface area contributed by atoms with E-state index < -0.39 is 6.10 Å². The van der Waals surface area contributed by atoms with Crippen LogP contribution in [0, 0.1) is 0 Å². The van der Waals surface area contributed by atoms with Crippen molar-refractivity contribution in [1.29, 1.82) is 0 Å². The minimum atomic E-state index is -0.658. The molecule has 2 N–H and O–H groups in total. The van der Waals surface area contributed by atoms with E-state index in [4.69, 9.17) is 4.42 Å². The van der Waals surface area contributed by atoms with Crippen molar-refractivity contribution in [1.82, 2.24) is 10.3 Å². The van der Waals surface area contributed by atoms with Gasteiger partial charge in [0.05, 0.1) is 24.9 Å². The number of aromatic nitrogens is 1. The van der Waals surface area contributed by atoms with Crippen molar-refractivity contribution in [3.05, 3.63) is 89.6 Å². The minimum Gasteiger partial charge on any atom is -0.444 e. The maximum atomic E-state index is 10.8. The van der Waals surface area contributed by atoms with Crippen molar-refractivity contribution in [3.8, 4) is 0 Å². The molecule has 0 amide bonds. The molecule has 124 valence electrons. The van der Waals surface area contributed by atoms with Gasteiger partial charge in [0, 0.05) is 6.42 Å². The van der Waals surface area contributed by atoms with E-state index in [0.29, 0.717) is 12.4 Å². The summed E-state index contributed by atoms with van der Waals surface area (Å²) in [6.07, 6.45) is 1.92. The molecule has 0 saturated carbocycles. The number of aryl methyl sites for hydroxylation is 1. The SMILES string of the molecule is CCc1cnc(CN[C@H](c2ccccc2)[C@@H](O)c2ccccc2)o1. The molecule has 0 spiro atoms. The van der Waals surface area contributed by atoms with Gasteiger partial charge < -0.3 is 9.52 Å². The van der Waals surface area contributed by atoms with Gasteiger partial charge in [0.25, 0.3) is 0 Å². The van der Waals surface area contributed by atoms with E-state index in [-0.39, 0.29) is 6.04 Å². The third-order valence-electron chi connectivity index (χ3n) is 4.04. The molecular formula is C20H22N2O2. The molecule has 0 radical (unpaired) electrons. The second-order valence-corrected chi connectivity index (χ2v) is 5.70. The van der Waals surface area contributed by atoms with E-state index in [2.05, 4.69) is 10.3 Å². The molecule has 0 bridgehead atoms. The van der Waals surface area contributed by atoms with E-state index >= 15 is 0 Å². The molecule has 2 aromatic carbocycles. The van der Waals surface area contributed by atoms with Gasteiger partial charge in [0.1, 0.15) is 5.76 Å². The second kappa shape index (κ2) is 7.90. The van der Waals surface area contributed by atoms with Crippen molar-refractivity contribution in [3.63, 3.8) is 0 Å². The lowest BCUT2D eigenvalue weighted by molar-refractivity contribution is 0.126. The highest BCUT2D eigenvalue weighted by Crippen LogP contribution is 2.29. The van der Waals surface area contributed by atoms with Gasteiger partial charge in [0.15, 0.2) is 0 Å². The van der Waals surface area contributed by atoms with Crippen LogP contribution in [0.2, 0.25) is 0 Å². The fourth-order valence-corrected chi connectivity index (χ4v) is 2.71. The van der Waals surface area contributed by atoms with Gasteiger partial charge in [-0.05, 0) is 11.1 Å². The molecule has 0 unspecified atom stereocenters. The summed E-state index contributed by atoms with van der Waals surface area (Å²) in [5.41, 5.74) is 1.90. The monoisotopic (exact) mass is 322 g/mol. The van der Waals surface area contributed by atoms with E-state index in [9.17, 15) is 5.11 Å². The molecule has 1 aromatic heterocycles. The Labute approximate surface area is 142 Å². The van der Waals surface area contributed by atoms with Gasteiger partial charge >= 0.3 is 0 Å². The first-order valence-corrected chi connectivity index (χ1v) is 8.23. The zero-order valence-electron chi connectivity index (χ0n) is 13.7. The number of rotatable bonds is 7. The summed E-state index contributed by atoms with van der Waals surface area (Å²) in [4.78, 5) is 4.27. The molecule has 0 saturated heterocycles. The Hall–Kier alpha value is -2.43. The van der Waals surface area contributed by atoms with E-state index in [1.54, 1.807) is 6.20 Å². The summed E-state index contributed by atoms with van der Waals surface area (Å²) in [6.45, 7) is 2.49. The van der Waals surface area contributed by atoms with Crippen LogP contribution in [0.3, 0.4) is 0 Å². The summed E-state index contributed by atoms with van der Waals surface area (Å²) >= 11 is 0. The largest absolute Gasteiger partial charge is 0.444 e. The second-order valence-electron chi connectivity index (χ2n) is 5.70. The highest BCUT2D eigenvalue weighted by molar-refractivity contribution is 5.26. The molecule has 0 fully saturated rings. The van der Waals surface area contributed by atoms with Gasteiger partial charge in [-0.2, -0.15) is 0 Å². The Morgan fingerprint density at radius 3 is 2.21 bits per heavy atom. The molecule has 24 heavy (non-hydrogen) atoms. The lowest BCUT2D eigenvalue weighted by Crippen LogP contribution is -2.27. The molecule has 3 rings (SSSR count). The van der Waals surface area contributed by atoms with Crippen molar-refractivity contribution >= 4 is 0 Å². The van der Waals surface area contributed by atoms with Crippen LogP contribution in [-0.2, 0) is 13.0 Å². The number of aliphatic hydroxyl groups excluding tert-OH is 1. The summed E-state index contributed by atoms with van der Waals surface area (Å²) in [6, 6.07) is 19.4. The quantitative estimate of drug-likeness (QED) is 0.694. The van der Waals surface area contributed by atoms with Gasteiger partial charge in [-0.15, -0.1) is 0 Å². The Morgan fingerprint density at radius 1 is 1.00 bits per heavy atom. The van der Waals surface area contributed by atoms with Crippen molar-refractivity contribution < 1.29 is 9.52 Å². The van der Waals surface area contributed by atoms with Crippen LogP contribution in [0.25, 0.3) is 0 Å². The third-order valence-corrected chi connectivity index (χ3v) is 4.04. The van der Waals surface area contributed by atoms with Crippen LogP contribution in [0.15, 0.2) is 71.3 Å². The third kappa shape index (κ3) is 3.91. The van der Waals surface area contributed by atoms with Gasteiger partial charge in [-0.1, -0.05) is 67.6 Å². The molecular weight excluding hydrogens is 300 g/mol. The van der Waals surface area contributed by atoms with Crippen molar-refractivity contribution in [2.24, 2.45) is 0 Å². The Morgan fingerprint density at radius 2 is 1.62 bits per heavy atom. The predicted octanol–water partition coefficient (Wildman–Crippen LogP) is 3.80. The van der Waals surface area contributed by atoms with Crippen LogP contribution >= 0.6 is 0 Å². The maximum Gasteiger partial charge on any atom is 0.208 e. The number of nitrogens with one attached hydrogen (secondary N) is 1. The summed E-state index contributed by atoms with van der Waals surface area (Å²) in [5, 5.41) is 14.2. The molecule has 2 atom stereocenters. The standard InChI is InChI=1S/C20H22N2O2/c1-2-17-13-21-18(24-17)14-22-19(15-9-5-3-6-10-15)20(23)16-11-7-4-8-12-16/h3-13,19-20,22-23H,2,14H2,1H3/t19-,20+/m1/s1. The van der Waals surface area contributed by atoms with Crippen LogP contribution in [0.4, 0.5) is 0 Å². The minimum absolute atomic E-state index is 0.245. The van der Waals surface area contributed by atoms with Crippen LogP contribution < -0.4 is 5.32 Å². The highest BCUT2D eigenvalue weighted by Gasteiger charge is 2.22. The average molecular weight is 322 g/mol. The highest BCUT2D eigenvalue weighted by atomic mass is 16.4. The zero-order chi connectivity index (χ0) is 16.8. The van der Waals surface area contributed by atoms with Crippen LogP contribution in [-0.4, -0.2) is 10.1 Å². The maximum absolute atomic E-state index is 10.8. The van der Waals surface area contributed by atoms with E-state index in [1.807, 2.05) is 67.6 Å². The number of oxazole rings is 1. The first-order valence-electron chi connectivity index (χ1n) is 8.23. The number of nitrogens with zero attached hydrogens (tertiary/aromatic N) is 1. The Kier molecular flexibility index (Phi) is 5.41. The average Bonchev–Trinajstić information content (AvgIpc) is 3.11. The number of hydrogen-bond acceptors (Lipinski definition) is 4. The number of aliphatic hydroxyl groups is 1. The first kappa shape index (κ1) is 16.4. The molecule has 0 aliphatic heterocycles. The molecule has 1 heterocycles. The molecule has 4 nitrogen and oxygen atoms in total. The summed E-state index contributed by atoms with van der Waals surface area (Å²) < 4.78 is 5.65. The fraction of sp³-hybridized carbons (Fsp3) is 0.250. The van der Waals surface area contributed by atoms with Gasteiger partial charge in [-0.3, -0.25) is 5.32 Å². The lowest BCUT2D eigenvalue weighted by Gasteiger charge is -2.24. The van der Waals surface area contributed by atoms with Crippen LogP contribution in [0.5, 0.6) is 0 Å².